The molecule has 0 saturated heterocycles. The first-order chi connectivity index (χ1) is 8.29. The molecule has 1 fully saturated rings. The van der Waals surface area contributed by atoms with Crippen molar-refractivity contribution < 1.29 is 4.79 Å². The summed E-state index contributed by atoms with van der Waals surface area (Å²) in [6, 6.07) is 8.22. The maximum atomic E-state index is 12.6. The molecular formula is C14H18N2O. The van der Waals surface area contributed by atoms with E-state index < -0.39 is 0 Å². The predicted molar refractivity (Wildman–Crippen MR) is 68.0 cm³/mol. The Morgan fingerprint density at radius 2 is 1.94 bits per heavy atom. The molecule has 2 N–H and O–H groups in total. The fourth-order valence-corrected chi connectivity index (χ4v) is 3.41. The highest BCUT2D eigenvalue weighted by Gasteiger charge is 2.51. The van der Waals surface area contributed by atoms with Crippen LogP contribution >= 0.6 is 0 Å². The van der Waals surface area contributed by atoms with Crippen LogP contribution in [-0.4, -0.2) is 19.0 Å². The molecule has 3 heteroatoms. The summed E-state index contributed by atoms with van der Waals surface area (Å²) in [7, 11) is 0. The van der Waals surface area contributed by atoms with Crippen molar-refractivity contribution in [2.45, 2.75) is 31.1 Å². The zero-order chi connectivity index (χ0) is 11.9. The van der Waals surface area contributed by atoms with Crippen molar-refractivity contribution in [2.75, 3.05) is 18.0 Å². The van der Waals surface area contributed by atoms with Crippen LogP contribution in [0.5, 0.6) is 0 Å². The van der Waals surface area contributed by atoms with Crippen LogP contribution < -0.4 is 10.6 Å². The summed E-state index contributed by atoms with van der Waals surface area (Å²) in [5.74, 6) is 0.279. The Hall–Kier alpha value is -1.35. The molecule has 17 heavy (non-hydrogen) atoms. The summed E-state index contributed by atoms with van der Waals surface area (Å²) in [5, 5.41) is 0. The third kappa shape index (κ3) is 1.35. The lowest BCUT2D eigenvalue weighted by Gasteiger charge is -2.23. The molecule has 1 saturated carbocycles. The molecular weight excluding hydrogens is 212 g/mol. The van der Waals surface area contributed by atoms with Gasteiger partial charge in [0.15, 0.2) is 0 Å². The van der Waals surface area contributed by atoms with Gasteiger partial charge < -0.3 is 10.6 Å². The topological polar surface area (TPSA) is 46.3 Å². The Labute approximate surface area is 102 Å². The van der Waals surface area contributed by atoms with Gasteiger partial charge in [-0.25, -0.2) is 0 Å². The lowest BCUT2D eigenvalue weighted by molar-refractivity contribution is -0.123. The van der Waals surface area contributed by atoms with Gasteiger partial charge in [-0.1, -0.05) is 31.0 Å². The first kappa shape index (κ1) is 10.8. The molecule has 1 spiro atoms. The molecule has 1 aliphatic carbocycles. The average Bonchev–Trinajstić information content (AvgIpc) is 2.92. The van der Waals surface area contributed by atoms with Gasteiger partial charge in [0.2, 0.25) is 5.91 Å². The zero-order valence-electron chi connectivity index (χ0n) is 9.98. The first-order valence-corrected chi connectivity index (χ1v) is 6.41. The number of nitrogens with two attached hydrogens (primary N) is 1. The van der Waals surface area contributed by atoms with Crippen molar-refractivity contribution in [2.24, 2.45) is 5.73 Å². The van der Waals surface area contributed by atoms with E-state index in [1.807, 2.05) is 17.0 Å². The average molecular weight is 230 g/mol. The molecule has 2 aliphatic rings. The highest BCUT2D eigenvalue weighted by molar-refractivity contribution is 6.08. The molecule has 1 aromatic carbocycles. The normalized spacial score (nSPS) is 21.2. The Morgan fingerprint density at radius 3 is 2.65 bits per heavy atom. The van der Waals surface area contributed by atoms with Crippen molar-refractivity contribution in [3.63, 3.8) is 0 Å². The second-order valence-corrected chi connectivity index (χ2v) is 5.05. The van der Waals surface area contributed by atoms with Crippen molar-refractivity contribution in [3.8, 4) is 0 Å². The Balaban J connectivity index is 2.12. The molecule has 1 aromatic rings. The van der Waals surface area contributed by atoms with E-state index in [2.05, 4.69) is 12.1 Å². The molecule has 0 radical (unpaired) electrons. The minimum absolute atomic E-state index is 0.217. The van der Waals surface area contributed by atoms with Gasteiger partial charge in [0.1, 0.15) is 0 Å². The third-order valence-electron chi connectivity index (χ3n) is 4.17. The van der Waals surface area contributed by atoms with Crippen LogP contribution in [0.1, 0.15) is 31.2 Å². The van der Waals surface area contributed by atoms with E-state index in [9.17, 15) is 4.79 Å². The minimum Gasteiger partial charge on any atom is -0.329 e. The van der Waals surface area contributed by atoms with Crippen LogP contribution in [0.2, 0.25) is 0 Å². The molecule has 0 atom stereocenters. The number of hydrogen-bond acceptors (Lipinski definition) is 2. The predicted octanol–water partition coefficient (Wildman–Crippen LogP) is 1.80. The standard InChI is InChI=1S/C14H18N2O/c15-9-10-16-12-6-2-1-5-11(12)14(13(16)17)7-3-4-8-14/h1-2,5-6H,3-4,7-10,15H2. The quantitative estimate of drug-likeness (QED) is 0.842. The Morgan fingerprint density at radius 1 is 1.24 bits per heavy atom. The molecule has 1 amide bonds. The van der Waals surface area contributed by atoms with Crippen molar-refractivity contribution in [3.05, 3.63) is 29.8 Å². The summed E-state index contributed by atoms with van der Waals surface area (Å²) < 4.78 is 0. The number of rotatable bonds is 2. The van der Waals surface area contributed by atoms with E-state index in [-0.39, 0.29) is 11.3 Å². The smallest absolute Gasteiger partial charge is 0.237 e. The summed E-state index contributed by atoms with van der Waals surface area (Å²) in [6.07, 6.45) is 4.33. The van der Waals surface area contributed by atoms with Crippen LogP contribution in [0.15, 0.2) is 24.3 Å². The van der Waals surface area contributed by atoms with E-state index >= 15 is 0 Å². The van der Waals surface area contributed by atoms with Crippen LogP contribution in [0.4, 0.5) is 5.69 Å². The Kier molecular flexibility index (Phi) is 2.44. The number of carbonyl (C=O) groups is 1. The third-order valence-corrected chi connectivity index (χ3v) is 4.17. The number of benzene rings is 1. The SMILES string of the molecule is NCCN1C(=O)C2(CCCC2)c2ccccc21. The lowest BCUT2D eigenvalue weighted by atomic mass is 9.80. The van der Waals surface area contributed by atoms with Gasteiger partial charge in [-0.3, -0.25) is 4.79 Å². The van der Waals surface area contributed by atoms with Crippen LogP contribution in [0.3, 0.4) is 0 Å². The van der Waals surface area contributed by atoms with Crippen molar-refractivity contribution in [1.82, 2.24) is 0 Å². The minimum atomic E-state index is -0.217. The molecule has 1 heterocycles. The second kappa shape index (κ2) is 3.84. The van der Waals surface area contributed by atoms with Gasteiger partial charge in [-0.2, -0.15) is 0 Å². The number of anilines is 1. The van der Waals surface area contributed by atoms with Crippen molar-refractivity contribution >= 4 is 11.6 Å². The second-order valence-electron chi connectivity index (χ2n) is 5.05. The molecule has 0 aromatic heterocycles. The number of nitrogens with zero attached hydrogens (tertiary/aromatic N) is 1. The Bertz CT molecular complexity index is 449. The molecule has 0 bridgehead atoms. The highest BCUT2D eigenvalue weighted by atomic mass is 16.2. The van der Waals surface area contributed by atoms with Crippen LogP contribution in [0.25, 0.3) is 0 Å². The van der Waals surface area contributed by atoms with Crippen molar-refractivity contribution in [1.29, 1.82) is 0 Å². The number of fused-ring (bicyclic) bond motifs is 2. The number of para-hydroxylation sites is 1. The summed E-state index contributed by atoms with van der Waals surface area (Å²) in [6.45, 7) is 1.16. The molecule has 3 rings (SSSR count). The highest BCUT2D eigenvalue weighted by Crippen LogP contribution is 2.50. The molecule has 0 unspecified atom stereocenters. The van der Waals surface area contributed by atoms with Gasteiger partial charge >= 0.3 is 0 Å². The first-order valence-electron chi connectivity index (χ1n) is 6.41. The maximum absolute atomic E-state index is 12.6. The van der Waals surface area contributed by atoms with Gasteiger partial charge in [-0.05, 0) is 24.5 Å². The monoisotopic (exact) mass is 230 g/mol. The number of hydrogen-bond donors (Lipinski definition) is 1. The largest absolute Gasteiger partial charge is 0.329 e. The van der Waals surface area contributed by atoms with Crippen LogP contribution in [-0.2, 0) is 10.2 Å². The van der Waals surface area contributed by atoms with Crippen LogP contribution in [0, 0.1) is 0 Å². The number of carbonyl (C=O) groups excluding carboxylic acids is 1. The molecule has 90 valence electrons. The fraction of sp³-hybridized carbons (Fsp3) is 0.500. The lowest BCUT2D eigenvalue weighted by Crippen LogP contribution is -2.40. The maximum Gasteiger partial charge on any atom is 0.237 e. The summed E-state index contributed by atoms with van der Waals surface area (Å²) in [4.78, 5) is 14.5. The van der Waals surface area contributed by atoms with Gasteiger partial charge in [-0.15, -0.1) is 0 Å². The zero-order valence-corrected chi connectivity index (χ0v) is 9.98. The van der Waals surface area contributed by atoms with E-state index in [1.165, 1.54) is 5.56 Å². The molecule has 1 aliphatic heterocycles. The van der Waals surface area contributed by atoms with E-state index in [1.54, 1.807) is 0 Å². The van der Waals surface area contributed by atoms with Gasteiger partial charge in [0.05, 0.1) is 5.41 Å². The van der Waals surface area contributed by atoms with E-state index in [4.69, 9.17) is 5.73 Å². The fourth-order valence-electron chi connectivity index (χ4n) is 3.41. The van der Waals surface area contributed by atoms with E-state index in [0.29, 0.717) is 13.1 Å². The van der Waals surface area contributed by atoms with E-state index in [0.717, 1.165) is 31.4 Å². The molecule has 3 nitrogen and oxygen atoms in total. The number of amides is 1. The van der Waals surface area contributed by atoms with Gasteiger partial charge in [0, 0.05) is 18.8 Å². The summed E-state index contributed by atoms with van der Waals surface area (Å²) >= 11 is 0. The summed E-state index contributed by atoms with van der Waals surface area (Å²) in [5.41, 5.74) is 7.72. The van der Waals surface area contributed by atoms with Gasteiger partial charge in [0.25, 0.3) is 0 Å².